The van der Waals surface area contributed by atoms with E-state index in [1.165, 1.54) is 6.92 Å². The summed E-state index contributed by atoms with van der Waals surface area (Å²) < 4.78 is 0. The summed E-state index contributed by atoms with van der Waals surface area (Å²) in [5.41, 5.74) is 0. The molecule has 0 aliphatic carbocycles. The van der Waals surface area contributed by atoms with E-state index in [-0.39, 0.29) is 6.61 Å². The predicted octanol–water partition coefficient (Wildman–Crippen LogP) is -1.77. The van der Waals surface area contributed by atoms with E-state index in [4.69, 9.17) is 15.3 Å². The van der Waals surface area contributed by atoms with Crippen molar-refractivity contribution in [2.45, 2.75) is 25.6 Å². The molecule has 0 rings (SSSR count). The van der Waals surface area contributed by atoms with E-state index in [0.717, 1.165) is 0 Å². The first kappa shape index (κ1) is 11.4. The molecule has 0 aliphatic rings. The van der Waals surface area contributed by atoms with Gasteiger partial charge in [0.05, 0.1) is 6.10 Å². The quantitative estimate of drug-likeness (QED) is 0.374. The molecule has 0 radical (unpaired) electrons. The van der Waals surface area contributed by atoms with Crippen LogP contribution < -0.4 is 5.32 Å². The molecule has 0 aromatic rings. The third-order valence-corrected chi connectivity index (χ3v) is 1.36. The van der Waals surface area contributed by atoms with Crippen molar-refractivity contribution in [1.29, 1.82) is 0 Å². The zero-order valence-electron chi connectivity index (χ0n) is 7.03. The summed E-state index contributed by atoms with van der Waals surface area (Å²) in [6.07, 6.45) is -2.01. The highest BCUT2D eigenvalue weighted by Gasteiger charge is 2.19. The normalized spacial score (nSPS) is 15.3. The molecule has 0 aromatic heterocycles. The maximum atomic E-state index is 10.9. The van der Waals surface area contributed by atoms with E-state index in [1.807, 2.05) is 0 Å². The molecule has 4 N–H and O–H groups in total. The van der Waals surface area contributed by atoms with Gasteiger partial charge in [0.1, 0.15) is 0 Å². The number of hydrogen-bond donors (Lipinski definition) is 4. The number of carbonyl (C=O) groups excluding carboxylic acids is 1. The van der Waals surface area contributed by atoms with Gasteiger partial charge in [-0.1, -0.05) is 0 Å². The minimum Gasteiger partial charge on any atom is -0.396 e. The van der Waals surface area contributed by atoms with E-state index >= 15 is 0 Å². The number of rotatable bonds is 5. The monoisotopic (exact) mass is 177 g/mol. The van der Waals surface area contributed by atoms with E-state index < -0.39 is 18.1 Å². The third kappa shape index (κ3) is 4.27. The standard InChI is InChI=1S/C7H15NO4/c1-5(10)6(11)7(12)8-3-2-4-9/h5-6,9-11H,2-4H2,1H3,(H,8,12). The van der Waals surface area contributed by atoms with Crippen LogP contribution in [0.3, 0.4) is 0 Å². The SMILES string of the molecule is CC(O)C(O)C(=O)NCCCO. The van der Waals surface area contributed by atoms with E-state index in [9.17, 15) is 4.79 Å². The molecular formula is C7H15NO4. The summed E-state index contributed by atoms with van der Waals surface area (Å²) in [6.45, 7) is 1.63. The molecule has 0 aliphatic heterocycles. The number of carbonyl (C=O) groups is 1. The van der Waals surface area contributed by atoms with Crippen LogP contribution in [0.4, 0.5) is 0 Å². The third-order valence-electron chi connectivity index (χ3n) is 1.36. The van der Waals surface area contributed by atoms with Crippen LogP contribution in [0, 0.1) is 0 Å². The first-order valence-corrected chi connectivity index (χ1v) is 3.84. The Kier molecular flexibility index (Phi) is 5.61. The van der Waals surface area contributed by atoms with Gasteiger partial charge in [-0.2, -0.15) is 0 Å². The summed E-state index contributed by atoms with van der Waals surface area (Å²) in [7, 11) is 0. The van der Waals surface area contributed by atoms with Crippen molar-refractivity contribution in [1.82, 2.24) is 5.32 Å². The summed E-state index contributed by atoms with van der Waals surface area (Å²) >= 11 is 0. The molecule has 0 fully saturated rings. The fourth-order valence-corrected chi connectivity index (χ4v) is 0.614. The summed E-state index contributed by atoms with van der Waals surface area (Å²) in [5.74, 6) is -0.613. The minimum absolute atomic E-state index is 0.00888. The second-order valence-electron chi connectivity index (χ2n) is 2.55. The van der Waals surface area contributed by atoms with Crippen LogP contribution in [0.1, 0.15) is 13.3 Å². The average Bonchev–Trinajstić information content (AvgIpc) is 2.03. The number of nitrogens with one attached hydrogen (secondary N) is 1. The lowest BCUT2D eigenvalue weighted by atomic mass is 10.2. The molecule has 12 heavy (non-hydrogen) atoms. The fourth-order valence-electron chi connectivity index (χ4n) is 0.614. The molecule has 5 nitrogen and oxygen atoms in total. The molecule has 72 valence electrons. The topological polar surface area (TPSA) is 89.8 Å². The Morgan fingerprint density at radius 2 is 2.08 bits per heavy atom. The largest absolute Gasteiger partial charge is 0.396 e. The molecule has 0 aromatic carbocycles. The van der Waals surface area contributed by atoms with E-state index in [2.05, 4.69) is 5.32 Å². The van der Waals surface area contributed by atoms with Gasteiger partial charge in [0.15, 0.2) is 6.10 Å². The molecule has 2 atom stereocenters. The molecule has 2 unspecified atom stereocenters. The Balaban J connectivity index is 3.57. The van der Waals surface area contributed by atoms with Gasteiger partial charge in [0.25, 0.3) is 5.91 Å². The summed E-state index contributed by atoms with van der Waals surface area (Å²) in [6, 6.07) is 0. The van der Waals surface area contributed by atoms with Gasteiger partial charge >= 0.3 is 0 Å². The van der Waals surface area contributed by atoms with Crippen LogP contribution in [-0.4, -0.2) is 46.6 Å². The molecular weight excluding hydrogens is 162 g/mol. The van der Waals surface area contributed by atoms with Crippen LogP contribution in [-0.2, 0) is 4.79 Å². The van der Waals surface area contributed by atoms with E-state index in [1.54, 1.807) is 0 Å². The smallest absolute Gasteiger partial charge is 0.251 e. The minimum atomic E-state index is -1.39. The highest BCUT2D eigenvalue weighted by molar-refractivity contribution is 5.80. The average molecular weight is 177 g/mol. The molecule has 0 bridgehead atoms. The molecule has 0 saturated carbocycles. The highest BCUT2D eigenvalue weighted by Crippen LogP contribution is 1.91. The predicted molar refractivity (Wildman–Crippen MR) is 42.4 cm³/mol. The zero-order valence-corrected chi connectivity index (χ0v) is 7.03. The highest BCUT2D eigenvalue weighted by atomic mass is 16.3. The van der Waals surface area contributed by atoms with Crippen molar-refractivity contribution in [2.24, 2.45) is 0 Å². The molecule has 0 heterocycles. The molecule has 1 amide bonds. The van der Waals surface area contributed by atoms with Gasteiger partial charge in [0.2, 0.25) is 0 Å². The Bertz CT molecular complexity index is 137. The number of amides is 1. The first-order valence-electron chi connectivity index (χ1n) is 3.84. The second-order valence-corrected chi connectivity index (χ2v) is 2.55. The molecule has 0 saturated heterocycles. The van der Waals surface area contributed by atoms with Crippen LogP contribution >= 0.6 is 0 Å². The van der Waals surface area contributed by atoms with Crippen molar-refractivity contribution < 1.29 is 20.1 Å². The van der Waals surface area contributed by atoms with Gasteiger partial charge in [-0.3, -0.25) is 4.79 Å². The first-order chi connectivity index (χ1) is 5.59. The molecule has 0 spiro atoms. The van der Waals surface area contributed by atoms with Gasteiger partial charge in [-0.05, 0) is 13.3 Å². The molecule has 5 heteroatoms. The van der Waals surface area contributed by atoms with Gasteiger partial charge in [0, 0.05) is 13.2 Å². The number of aliphatic hydroxyl groups excluding tert-OH is 3. The maximum absolute atomic E-state index is 10.9. The number of hydrogen-bond acceptors (Lipinski definition) is 4. The zero-order chi connectivity index (χ0) is 9.56. The second kappa shape index (κ2) is 5.93. The summed E-state index contributed by atoms with van der Waals surface area (Å²) in [5, 5.41) is 28.5. The van der Waals surface area contributed by atoms with Crippen molar-refractivity contribution in [3.63, 3.8) is 0 Å². The van der Waals surface area contributed by atoms with Gasteiger partial charge in [-0.15, -0.1) is 0 Å². The van der Waals surface area contributed by atoms with Crippen molar-refractivity contribution in [3.8, 4) is 0 Å². The van der Waals surface area contributed by atoms with E-state index in [0.29, 0.717) is 13.0 Å². The lowest BCUT2D eigenvalue weighted by Gasteiger charge is -2.12. The maximum Gasteiger partial charge on any atom is 0.251 e. The van der Waals surface area contributed by atoms with Crippen LogP contribution in [0.25, 0.3) is 0 Å². The Morgan fingerprint density at radius 1 is 1.50 bits per heavy atom. The van der Waals surface area contributed by atoms with Crippen molar-refractivity contribution in [3.05, 3.63) is 0 Å². The van der Waals surface area contributed by atoms with Crippen molar-refractivity contribution in [2.75, 3.05) is 13.2 Å². The Hall–Kier alpha value is -0.650. The van der Waals surface area contributed by atoms with Gasteiger partial charge < -0.3 is 20.6 Å². The number of aliphatic hydroxyl groups is 3. The van der Waals surface area contributed by atoms with Crippen LogP contribution in [0.15, 0.2) is 0 Å². The summed E-state index contributed by atoms with van der Waals surface area (Å²) in [4.78, 5) is 10.9. The lowest BCUT2D eigenvalue weighted by Crippen LogP contribution is -2.41. The fraction of sp³-hybridized carbons (Fsp3) is 0.857. The lowest BCUT2D eigenvalue weighted by molar-refractivity contribution is -0.134. The van der Waals surface area contributed by atoms with Crippen LogP contribution in [0.2, 0.25) is 0 Å². The van der Waals surface area contributed by atoms with Crippen LogP contribution in [0.5, 0.6) is 0 Å². The van der Waals surface area contributed by atoms with Crippen molar-refractivity contribution >= 4 is 5.91 Å². The Morgan fingerprint density at radius 3 is 2.50 bits per heavy atom. The Labute approximate surface area is 71.0 Å². The van der Waals surface area contributed by atoms with Gasteiger partial charge in [-0.25, -0.2) is 0 Å².